The molecule has 1 N–H and O–H groups in total. The van der Waals surface area contributed by atoms with Crippen LogP contribution in [0.2, 0.25) is 0 Å². The summed E-state index contributed by atoms with van der Waals surface area (Å²) in [6, 6.07) is 18.6. The molecule has 0 unspecified atom stereocenters. The third-order valence-electron chi connectivity index (χ3n) is 7.08. The van der Waals surface area contributed by atoms with Crippen molar-refractivity contribution in [2.75, 3.05) is 57.3 Å². The third kappa shape index (κ3) is 7.43. The molecule has 35 heavy (non-hydrogen) atoms. The first kappa shape index (κ1) is 25.0. The van der Waals surface area contributed by atoms with Crippen LogP contribution < -0.4 is 10.2 Å². The van der Waals surface area contributed by atoms with Crippen molar-refractivity contribution >= 4 is 23.6 Å². The van der Waals surface area contributed by atoms with Gasteiger partial charge in [-0.2, -0.15) is 0 Å². The molecule has 2 aromatic rings. The Hall–Kier alpha value is -3.12. The van der Waals surface area contributed by atoms with E-state index in [4.69, 9.17) is 0 Å². The van der Waals surface area contributed by atoms with Crippen molar-refractivity contribution in [3.05, 3.63) is 71.8 Å². The van der Waals surface area contributed by atoms with Gasteiger partial charge in [0.05, 0.1) is 0 Å². The maximum Gasteiger partial charge on any atom is 0.246 e. The number of rotatable bonds is 8. The highest BCUT2D eigenvalue weighted by Gasteiger charge is 2.26. The van der Waals surface area contributed by atoms with Crippen molar-refractivity contribution in [3.63, 3.8) is 0 Å². The Balaban J connectivity index is 1.09. The number of carbonyl (C=O) groups excluding carboxylic acids is 2. The van der Waals surface area contributed by atoms with Crippen molar-refractivity contribution in [2.45, 2.75) is 26.2 Å². The van der Waals surface area contributed by atoms with Crippen LogP contribution in [0.5, 0.6) is 0 Å². The molecule has 2 saturated heterocycles. The zero-order valence-electron chi connectivity index (χ0n) is 20.9. The molecule has 0 saturated carbocycles. The first-order chi connectivity index (χ1) is 17.1. The molecule has 2 aliphatic heterocycles. The number of carbonyl (C=O) groups is 2. The number of amides is 2. The van der Waals surface area contributed by atoms with E-state index in [0.29, 0.717) is 13.1 Å². The second-order valence-corrected chi connectivity index (χ2v) is 9.66. The average Bonchev–Trinajstić information content (AvgIpc) is 2.90. The summed E-state index contributed by atoms with van der Waals surface area (Å²) < 4.78 is 0. The van der Waals surface area contributed by atoms with Crippen molar-refractivity contribution in [2.24, 2.45) is 5.92 Å². The molecule has 2 heterocycles. The van der Waals surface area contributed by atoms with Gasteiger partial charge in [-0.1, -0.05) is 42.5 Å². The SMILES string of the molecule is Cc1cccc(N2CCN(CCCNC(=O)C3CCN(C(=O)/C=C/c4ccccc4)CC3)CC2)c1. The highest BCUT2D eigenvalue weighted by Crippen LogP contribution is 2.19. The standard InChI is InChI=1S/C29H38N4O2/c1-24-7-5-10-27(23-24)32-21-19-31(20-22-32)16-6-15-30-29(35)26-13-17-33(18-14-26)28(34)12-11-25-8-3-2-4-9-25/h2-5,7-12,23,26H,6,13-22H2,1H3,(H,30,35)/b12-11+. The maximum atomic E-state index is 12.6. The Kier molecular flexibility index (Phi) is 8.96. The van der Waals surface area contributed by atoms with Crippen molar-refractivity contribution < 1.29 is 9.59 Å². The molecule has 2 aliphatic rings. The van der Waals surface area contributed by atoms with E-state index in [2.05, 4.69) is 46.3 Å². The van der Waals surface area contributed by atoms with Gasteiger partial charge in [0.2, 0.25) is 11.8 Å². The molecule has 186 valence electrons. The lowest BCUT2D eigenvalue weighted by molar-refractivity contribution is -0.132. The van der Waals surface area contributed by atoms with Crippen LogP contribution in [0.3, 0.4) is 0 Å². The van der Waals surface area contributed by atoms with E-state index in [0.717, 1.165) is 64.1 Å². The Labute approximate surface area is 209 Å². The fourth-order valence-electron chi connectivity index (χ4n) is 4.91. The number of hydrogen-bond donors (Lipinski definition) is 1. The molecule has 2 aromatic carbocycles. The highest BCUT2D eigenvalue weighted by atomic mass is 16.2. The lowest BCUT2D eigenvalue weighted by Crippen LogP contribution is -2.47. The average molecular weight is 475 g/mol. The second-order valence-electron chi connectivity index (χ2n) is 9.66. The lowest BCUT2D eigenvalue weighted by Gasteiger charge is -2.36. The molecule has 0 atom stereocenters. The van der Waals surface area contributed by atoms with Crippen LogP contribution in [-0.2, 0) is 9.59 Å². The molecular formula is C29H38N4O2. The van der Waals surface area contributed by atoms with Gasteiger partial charge in [0.1, 0.15) is 0 Å². The number of anilines is 1. The molecule has 0 radical (unpaired) electrons. The zero-order chi connectivity index (χ0) is 24.5. The number of benzene rings is 2. The molecule has 0 spiro atoms. The molecule has 0 bridgehead atoms. The van der Waals surface area contributed by atoms with Gasteiger partial charge < -0.3 is 15.1 Å². The molecular weight excluding hydrogens is 436 g/mol. The number of piperidine rings is 1. The molecule has 0 aliphatic carbocycles. The van der Waals surface area contributed by atoms with Gasteiger partial charge in [-0.15, -0.1) is 0 Å². The van der Waals surface area contributed by atoms with E-state index >= 15 is 0 Å². The predicted molar refractivity (Wildman–Crippen MR) is 142 cm³/mol. The summed E-state index contributed by atoms with van der Waals surface area (Å²) in [7, 11) is 0. The predicted octanol–water partition coefficient (Wildman–Crippen LogP) is 3.58. The van der Waals surface area contributed by atoms with Crippen molar-refractivity contribution in [1.82, 2.24) is 15.1 Å². The fourth-order valence-corrected chi connectivity index (χ4v) is 4.91. The normalized spacial score (nSPS) is 17.6. The fraction of sp³-hybridized carbons (Fsp3) is 0.448. The number of nitrogens with zero attached hydrogens (tertiary/aromatic N) is 3. The van der Waals surface area contributed by atoms with Gasteiger partial charge >= 0.3 is 0 Å². The van der Waals surface area contributed by atoms with Crippen LogP contribution >= 0.6 is 0 Å². The number of nitrogens with one attached hydrogen (secondary N) is 1. The summed E-state index contributed by atoms with van der Waals surface area (Å²) in [5.74, 6) is 0.173. The summed E-state index contributed by atoms with van der Waals surface area (Å²) in [5, 5.41) is 3.13. The molecule has 2 amide bonds. The number of likely N-dealkylation sites (tertiary alicyclic amines) is 1. The van der Waals surface area contributed by atoms with Gasteiger partial charge in [0.15, 0.2) is 0 Å². The number of piperazine rings is 1. The van der Waals surface area contributed by atoms with Gasteiger partial charge in [0, 0.05) is 63.5 Å². The quantitative estimate of drug-likeness (QED) is 0.469. The van der Waals surface area contributed by atoms with Crippen LogP contribution in [0.4, 0.5) is 5.69 Å². The van der Waals surface area contributed by atoms with Crippen molar-refractivity contribution in [3.8, 4) is 0 Å². The highest BCUT2D eigenvalue weighted by molar-refractivity contribution is 5.92. The van der Waals surface area contributed by atoms with Crippen molar-refractivity contribution in [1.29, 1.82) is 0 Å². The topological polar surface area (TPSA) is 55.9 Å². The van der Waals surface area contributed by atoms with Gasteiger partial charge in [-0.25, -0.2) is 0 Å². The summed E-state index contributed by atoms with van der Waals surface area (Å²) in [6.07, 6.45) is 5.92. The minimum Gasteiger partial charge on any atom is -0.369 e. The monoisotopic (exact) mass is 474 g/mol. The Morgan fingerprint density at radius 3 is 2.40 bits per heavy atom. The third-order valence-corrected chi connectivity index (χ3v) is 7.08. The zero-order valence-corrected chi connectivity index (χ0v) is 20.9. The largest absolute Gasteiger partial charge is 0.369 e. The number of hydrogen-bond acceptors (Lipinski definition) is 4. The van der Waals surface area contributed by atoms with Crippen LogP contribution in [0, 0.1) is 12.8 Å². The van der Waals surface area contributed by atoms with E-state index in [1.165, 1.54) is 11.3 Å². The molecule has 2 fully saturated rings. The Morgan fingerprint density at radius 1 is 0.943 bits per heavy atom. The molecule has 6 heteroatoms. The minimum absolute atomic E-state index is 0.00928. The molecule has 0 aromatic heterocycles. The Bertz CT molecular complexity index is 991. The Morgan fingerprint density at radius 2 is 1.69 bits per heavy atom. The maximum absolute atomic E-state index is 12.6. The van der Waals surface area contributed by atoms with Gasteiger partial charge in [-0.05, 0) is 62.1 Å². The van der Waals surface area contributed by atoms with E-state index in [1.807, 2.05) is 41.3 Å². The molecule has 4 rings (SSSR count). The van der Waals surface area contributed by atoms with Crippen LogP contribution in [0.25, 0.3) is 6.08 Å². The van der Waals surface area contributed by atoms with Gasteiger partial charge in [-0.3, -0.25) is 14.5 Å². The van der Waals surface area contributed by atoms with Crippen LogP contribution in [-0.4, -0.2) is 74.0 Å². The summed E-state index contributed by atoms with van der Waals surface area (Å²) in [4.78, 5) is 31.9. The van der Waals surface area contributed by atoms with E-state index in [1.54, 1.807) is 6.08 Å². The lowest BCUT2D eigenvalue weighted by atomic mass is 9.95. The van der Waals surface area contributed by atoms with Crippen LogP contribution in [0.15, 0.2) is 60.7 Å². The second kappa shape index (κ2) is 12.5. The van der Waals surface area contributed by atoms with Gasteiger partial charge in [0.25, 0.3) is 0 Å². The first-order valence-corrected chi connectivity index (χ1v) is 12.9. The van der Waals surface area contributed by atoms with E-state index < -0.39 is 0 Å². The first-order valence-electron chi connectivity index (χ1n) is 12.9. The summed E-state index contributed by atoms with van der Waals surface area (Å²) in [5.41, 5.74) is 3.64. The number of aryl methyl sites for hydroxylation is 1. The summed E-state index contributed by atoms with van der Waals surface area (Å²) in [6.45, 7) is 9.38. The minimum atomic E-state index is 0.00928. The van der Waals surface area contributed by atoms with E-state index in [-0.39, 0.29) is 17.7 Å². The van der Waals surface area contributed by atoms with Crippen LogP contribution in [0.1, 0.15) is 30.4 Å². The van der Waals surface area contributed by atoms with E-state index in [9.17, 15) is 9.59 Å². The summed E-state index contributed by atoms with van der Waals surface area (Å²) >= 11 is 0. The smallest absolute Gasteiger partial charge is 0.246 e. The molecule has 6 nitrogen and oxygen atoms in total.